The van der Waals surface area contributed by atoms with Crippen molar-refractivity contribution in [3.63, 3.8) is 0 Å². The summed E-state index contributed by atoms with van der Waals surface area (Å²) in [5.74, 6) is -5.77. The van der Waals surface area contributed by atoms with Gasteiger partial charge in [-0.05, 0) is 39.0 Å². The number of benzene rings is 1. The third kappa shape index (κ3) is 4.54. The molecule has 7 nitrogen and oxygen atoms in total. The van der Waals surface area contributed by atoms with Crippen LogP contribution in [0.5, 0.6) is 0 Å². The number of nitrogens with zero attached hydrogens (tertiary/aromatic N) is 3. The SMILES string of the molecule is CC1(C)OC(N)=N[C@](C)(c2cc(NC(=O)c3cnc(C(F)(F)F)cn3)ccc2F)C1(F)F.Cl. The van der Waals surface area contributed by atoms with Crippen molar-refractivity contribution < 1.29 is 35.9 Å². The van der Waals surface area contributed by atoms with Gasteiger partial charge in [-0.2, -0.15) is 22.0 Å². The molecule has 0 saturated heterocycles. The monoisotopic (exact) mass is 497 g/mol. The van der Waals surface area contributed by atoms with Gasteiger partial charge in [0, 0.05) is 11.3 Å². The van der Waals surface area contributed by atoms with Gasteiger partial charge in [-0.3, -0.25) is 4.79 Å². The second-order valence-corrected chi connectivity index (χ2v) is 7.64. The summed E-state index contributed by atoms with van der Waals surface area (Å²) in [5, 5.41) is 2.25. The fraction of sp³-hybridized carbons (Fsp3) is 0.368. The van der Waals surface area contributed by atoms with Gasteiger partial charge in [0.1, 0.15) is 11.5 Å². The van der Waals surface area contributed by atoms with Gasteiger partial charge >= 0.3 is 12.1 Å². The Labute approximate surface area is 189 Å². The molecule has 1 amide bonds. The first kappa shape index (κ1) is 26.2. The van der Waals surface area contributed by atoms with E-state index in [0.717, 1.165) is 39.0 Å². The molecule has 0 bridgehead atoms. The van der Waals surface area contributed by atoms with Gasteiger partial charge in [0.2, 0.25) is 0 Å². The van der Waals surface area contributed by atoms with Gasteiger partial charge in [-0.15, -0.1) is 12.4 Å². The topological polar surface area (TPSA) is 102 Å². The van der Waals surface area contributed by atoms with E-state index in [1.54, 1.807) is 0 Å². The first-order valence-corrected chi connectivity index (χ1v) is 9.01. The highest BCUT2D eigenvalue weighted by atomic mass is 35.5. The maximum atomic E-state index is 15.2. The van der Waals surface area contributed by atoms with Crippen molar-refractivity contribution in [3.8, 4) is 0 Å². The molecule has 0 spiro atoms. The van der Waals surface area contributed by atoms with Gasteiger partial charge in [0.05, 0.1) is 12.4 Å². The van der Waals surface area contributed by atoms with Crippen LogP contribution in [0.2, 0.25) is 0 Å². The summed E-state index contributed by atoms with van der Waals surface area (Å²) in [6.07, 6.45) is -3.77. The Hall–Kier alpha value is -3.09. The minimum Gasteiger partial charge on any atom is -0.453 e. The molecule has 2 heterocycles. The van der Waals surface area contributed by atoms with E-state index in [0.29, 0.717) is 12.4 Å². The first-order chi connectivity index (χ1) is 14.6. The summed E-state index contributed by atoms with van der Waals surface area (Å²) >= 11 is 0. The fourth-order valence-corrected chi connectivity index (χ4v) is 3.22. The van der Waals surface area contributed by atoms with Crippen LogP contribution in [0.4, 0.5) is 32.0 Å². The van der Waals surface area contributed by atoms with Crippen molar-refractivity contribution in [2.45, 2.75) is 44.0 Å². The van der Waals surface area contributed by atoms with Crippen LogP contribution in [0, 0.1) is 5.82 Å². The summed E-state index contributed by atoms with van der Waals surface area (Å²) in [4.78, 5) is 22.5. The largest absolute Gasteiger partial charge is 0.453 e. The predicted molar refractivity (Wildman–Crippen MR) is 108 cm³/mol. The Kier molecular flexibility index (Phi) is 6.63. The van der Waals surface area contributed by atoms with Crippen LogP contribution < -0.4 is 11.1 Å². The number of alkyl halides is 5. The molecule has 1 aliphatic rings. The van der Waals surface area contributed by atoms with Crippen LogP contribution in [0.3, 0.4) is 0 Å². The normalized spacial score (nSPS) is 21.3. The minimum absolute atomic E-state index is 0. The Morgan fingerprint density at radius 3 is 2.30 bits per heavy atom. The number of amidine groups is 1. The number of aliphatic imine (C=N–C) groups is 1. The van der Waals surface area contributed by atoms with Crippen LogP contribution in [0.15, 0.2) is 35.6 Å². The van der Waals surface area contributed by atoms with Crippen LogP contribution in [-0.2, 0) is 16.5 Å². The standard InChI is InChI=1S/C19H17F6N5O2.ClH/c1-16(2)19(24,25)17(3,30-15(26)32-16)10-6-9(4-5-11(10)20)29-14(31)12-7-28-13(8-27-12)18(21,22)23;/h4-8H,1-3H3,(H2,26,30)(H,29,31);1H/t17-;/m1./s1. The predicted octanol–water partition coefficient (Wildman–Crippen LogP) is 4.28. The quantitative estimate of drug-likeness (QED) is 0.616. The number of rotatable bonds is 3. The first-order valence-electron chi connectivity index (χ1n) is 9.01. The number of amides is 1. The number of ether oxygens (including phenoxy) is 1. The third-order valence-corrected chi connectivity index (χ3v) is 4.98. The molecule has 1 atom stereocenters. The lowest BCUT2D eigenvalue weighted by atomic mass is 9.77. The molecule has 3 N–H and O–H groups in total. The second-order valence-electron chi connectivity index (χ2n) is 7.64. The Bertz CT molecular complexity index is 1090. The summed E-state index contributed by atoms with van der Waals surface area (Å²) in [6, 6.07) is 2.26. The lowest BCUT2D eigenvalue weighted by molar-refractivity contribution is -0.207. The van der Waals surface area contributed by atoms with E-state index in [9.17, 15) is 22.4 Å². The van der Waals surface area contributed by atoms with Crippen LogP contribution in [0.25, 0.3) is 0 Å². The fourth-order valence-electron chi connectivity index (χ4n) is 3.22. The number of anilines is 1. The summed E-state index contributed by atoms with van der Waals surface area (Å²) in [6.45, 7) is 3.11. The zero-order valence-electron chi connectivity index (χ0n) is 17.3. The van der Waals surface area contributed by atoms with E-state index in [4.69, 9.17) is 10.5 Å². The number of hydrogen-bond donors (Lipinski definition) is 2. The molecule has 1 aromatic heterocycles. The smallest absolute Gasteiger partial charge is 0.434 e. The molecular formula is C19H18ClF6N5O2. The minimum atomic E-state index is -4.74. The number of carbonyl (C=O) groups excluding carboxylic acids is 1. The molecule has 33 heavy (non-hydrogen) atoms. The van der Waals surface area contributed by atoms with E-state index in [1.165, 1.54) is 0 Å². The van der Waals surface area contributed by atoms with Crippen molar-refractivity contribution in [1.29, 1.82) is 0 Å². The number of hydrogen-bond acceptors (Lipinski definition) is 6. The van der Waals surface area contributed by atoms with Crippen molar-refractivity contribution in [1.82, 2.24) is 9.97 Å². The molecule has 0 saturated carbocycles. The zero-order valence-corrected chi connectivity index (χ0v) is 18.1. The number of halogens is 7. The molecule has 1 aliphatic heterocycles. The molecule has 0 aliphatic carbocycles. The Balaban J connectivity index is 0.00000385. The number of nitrogens with two attached hydrogens (primary N) is 1. The second kappa shape index (κ2) is 8.36. The number of aromatic nitrogens is 2. The van der Waals surface area contributed by atoms with Gasteiger partial charge in [0.15, 0.2) is 16.8 Å². The maximum Gasteiger partial charge on any atom is 0.434 e. The van der Waals surface area contributed by atoms with E-state index in [1.807, 2.05) is 0 Å². The van der Waals surface area contributed by atoms with Crippen molar-refractivity contribution >= 4 is 30.0 Å². The lowest BCUT2D eigenvalue weighted by Crippen LogP contribution is -2.62. The molecule has 0 radical (unpaired) electrons. The number of carbonyl (C=O) groups is 1. The summed E-state index contributed by atoms with van der Waals surface area (Å²) < 4.78 is 87.7. The third-order valence-electron chi connectivity index (χ3n) is 4.98. The van der Waals surface area contributed by atoms with E-state index < -0.39 is 57.9 Å². The summed E-state index contributed by atoms with van der Waals surface area (Å²) in [7, 11) is 0. The molecule has 180 valence electrons. The highest BCUT2D eigenvalue weighted by Gasteiger charge is 2.66. The van der Waals surface area contributed by atoms with E-state index in [2.05, 4.69) is 20.3 Å². The molecule has 1 aromatic carbocycles. The van der Waals surface area contributed by atoms with Gasteiger partial charge in [0.25, 0.3) is 11.9 Å². The average Bonchev–Trinajstić information content (AvgIpc) is 2.67. The lowest BCUT2D eigenvalue weighted by Gasteiger charge is -2.46. The van der Waals surface area contributed by atoms with Crippen molar-refractivity contribution in [2.24, 2.45) is 10.7 Å². The molecule has 3 rings (SSSR count). The maximum absolute atomic E-state index is 15.2. The van der Waals surface area contributed by atoms with Gasteiger partial charge < -0.3 is 15.8 Å². The van der Waals surface area contributed by atoms with Crippen LogP contribution >= 0.6 is 12.4 Å². The highest BCUT2D eigenvalue weighted by molar-refractivity contribution is 6.02. The van der Waals surface area contributed by atoms with Crippen LogP contribution in [0.1, 0.15) is 42.5 Å². The van der Waals surface area contributed by atoms with E-state index in [-0.39, 0.29) is 18.1 Å². The summed E-state index contributed by atoms with van der Waals surface area (Å²) in [5.41, 5.74) is -1.58. The average molecular weight is 498 g/mol. The molecule has 14 heteroatoms. The zero-order chi connectivity index (χ0) is 24.1. The van der Waals surface area contributed by atoms with Crippen molar-refractivity contribution in [2.75, 3.05) is 5.32 Å². The molecule has 2 aromatic rings. The van der Waals surface area contributed by atoms with Crippen LogP contribution in [-0.4, -0.2) is 33.4 Å². The Morgan fingerprint density at radius 2 is 1.76 bits per heavy atom. The molecular weight excluding hydrogens is 480 g/mol. The Morgan fingerprint density at radius 1 is 1.12 bits per heavy atom. The molecule has 0 unspecified atom stereocenters. The van der Waals surface area contributed by atoms with Gasteiger partial charge in [-0.1, -0.05) is 0 Å². The van der Waals surface area contributed by atoms with Crippen molar-refractivity contribution in [3.05, 3.63) is 53.4 Å². The highest BCUT2D eigenvalue weighted by Crippen LogP contribution is 2.51. The molecule has 0 fully saturated rings. The number of nitrogens with one attached hydrogen (secondary N) is 1. The van der Waals surface area contributed by atoms with E-state index >= 15 is 8.78 Å². The van der Waals surface area contributed by atoms with Gasteiger partial charge in [-0.25, -0.2) is 19.4 Å².